The third-order valence-corrected chi connectivity index (χ3v) is 5.15. The summed E-state index contributed by atoms with van der Waals surface area (Å²) in [6.45, 7) is 2.56. The zero-order valence-electron chi connectivity index (χ0n) is 14.9. The number of ether oxygens (including phenoxy) is 1. The Morgan fingerprint density at radius 3 is 2.67 bits per heavy atom. The fourth-order valence-corrected chi connectivity index (χ4v) is 3.81. The molecule has 1 aliphatic rings. The second-order valence-electron chi connectivity index (χ2n) is 6.02. The average molecular weight is 387 g/mol. The van der Waals surface area contributed by atoms with Gasteiger partial charge in [0.15, 0.2) is 0 Å². The van der Waals surface area contributed by atoms with Crippen molar-refractivity contribution in [1.82, 2.24) is 4.90 Å². The summed E-state index contributed by atoms with van der Waals surface area (Å²) < 4.78 is 5.06. The normalized spacial score (nSPS) is 16.0. The Morgan fingerprint density at radius 1 is 1.15 bits per heavy atom. The van der Waals surface area contributed by atoms with Crippen LogP contribution in [-0.4, -0.2) is 42.0 Å². The molecule has 0 radical (unpaired) electrons. The van der Waals surface area contributed by atoms with Crippen LogP contribution in [0.3, 0.4) is 0 Å². The number of hydrogen-bond acceptors (Lipinski definition) is 5. The zero-order chi connectivity index (χ0) is 19.2. The third-order valence-electron chi connectivity index (χ3n) is 4.16. The lowest BCUT2D eigenvalue weighted by atomic mass is 10.2. The molecular weight excluding hydrogens is 366 g/mol. The maximum Gasteiger partial charge on any atom is 0.328 e. The third kappa shape index (κ3) is 4.65. The second kappa shape index (κ2) is 8.68. The number of nitrogens with zero attached hydrogens (tertiary/aromatic N) is 1. The van der Waals surface area contributed by atoms with Gasteiger partial charge in [0.1, 0.15) is 6.04 Å². The smallest absolute Gasteiger partial charge is 0.328 e. The summed E-state index contributed by atoms with van der Waals surface area (Å²) in [5.41, 5.74) is 0.678. The molecule has 2 aromatic rings. The first-order chi connectivity index (χ1) is 13.1. The van der Waals surface area contributed by atoms with Crippen LogP contribution in [0.15, 0.2) is 42.5 Å². The predicted molar refractivity (Wildman–Crippen MR) is 104 cm³/mol. The summed E-state index contributed by atoms with van der Waals surface area (Å²) in [6.07, 6.45) is 1.38. The van der Waals surface area contributed by atoms with Gasteiger partial charge in [-0.3, -0.25) is 10.1 Å². The number of urea groups is 1. The number of benzene rings is 1. The van der Waals surface area contributed by atoms with Crippen molar-refractivity contribution in [3.05, 3.63) is 47.3 Å². The van der Waals surface area contributed by atoms with Crippen LogP contribution in [0, 0.1) is 0 Å². The molecule has 8 heteroatoms. The van der Waals surface area contributed by atoms with E-state index in [9.17, 15) is 14.4 Å². The highest BCUT2D eigenvalue weighted by Crippen LogP contribution is 2.27. The molecule has 0 aliphatic carbocycles. The number of thiophene rings is 1. The van der Waals surface area contributed by atoms with Crippen molar-refractivity contribution in [2.24, 2.45) is 0 Å². The van der Waals surface area contributed by atoms with E-state index >= 15 is 0 Å². The molecule has 27 heavy (non-hydrogen) atoms. The first-order valence-corrected chi connectivity index (χ1v) is 9.60. The molecule has 1 aromatic heterocycles. The van der Waals surface area contributed by atoms with E-state index in [1.165, 1.54) is 11.3 Å². The van der Waals surface area contributed by atoms with Gasteiger partial charge in [-0.1, -0.05) is 18.2 Å². The number of esters is 1. The zero-order valence-corrected chi connectivity index (χ0v) is 15.8. The SMILES string of the molecule is CCOC(=O)[C@H]1CCCN1C(=O)c1ccc(NC(=O)Nc2ccccc2)s1. The molecule has 2 N–H and O–H groups in total. The van der Waals surface area contributed by atoms with Gasteiger partial charge in [-0.25, -0.2) is 9.59 Å². The van der Waals surface area contributed by atoms with Gasteiger partial charge in [0, 0.05) is 12.2 Å². The minimum absolute atomic E-state index is 0.216. The van der Waals surface area contributed by atoms with Crippen LogP contribution in [0.1, 0.15) is 29.4 Å². The number of rotatable bonds is 5. The molecule has 1 aliphatic heterocycles. The minimum Gasteiger partial charge on any atom is -0.464 e. The first kappa shape index (κ1) is 18.9. The summed E-state index contributed by atoms with van der Waals surface area (Å²) in [5, 5.41) is 5.99. The van der Waals surface area contributed by atoms with Crippen molar-refractivity contribution in [2.75, 3.05) is 23.8 Å². The Balaban J connectivity index is 1.62. The van der Waals surface area contributed by atoms with Gasteiger partial charge in [0.25, 0.3) is 5.91 Å². The molecule has 142 valence electrons. The van der Waals surface area contributed by atoms with Crippen molar-refractivity contribution in [1.29, 1.82) is 0 Å². The van der Waals surface area contributed by atoms with E-state index in [1.807, 2.05) is 18.2 Å². The Hall–Kier alpha value is -2.87. The lowest BCUT2D eigenvalue weighted by molar-refractivity contribution is -0.147. The highest BCUT2D eigenvalue weighted by atomic mass is 32.1. The predicted octanol–water partition coefficient (Wildman–Crippen LogP) is 3.56. The Kier molecular flexibility index (Phi) is 6.08. The Labute approximate surface area is 161 Å². The number of carbonyl (C=O) groups excluding carboxylic acids is 3. The number of likely N-dealkylation sites (tertiary alicyclic amines) is 1. The van der Waals surface area contributed by atoms with E-state index < -0.39 is 6.04 Å². The molecule has 2 heterocycles. The lowest BCUT2D eigenvalue weighted by Crippen LogP contribution is -2.41. The van der Waals surface area contributed by atoms with Crippen LogP contribution in [-0.2, 0) is 9.53 Å². The topological polar surface area (TPSA) is 87.7 Å². The molecule has 3 amide bonds. The minimum atomic E-state index is -0.530. The number of amides is 3. The molecule has 7 nitrogen and oxygen atoms in total. The van der Waals surface area contributed by atoms with Crippen molar-refractivity contribution in [3.8, 4) is 0 Å². The molecular formula is C19H21N3O4S. The van der Waals surface area contributed by atoms with Gasteiger partial charge in [-0.2, -0.15) is 0 Å². The fraction of sp³-hybridized carbons (Fsp3) is 0.316. The van der Waals surface area contributed by atoms with Crippen molar-refractivity contribution >= 4 is 39.9 Å². The Morgan fingerprint density at radius 2 is 1.93 bits per heavy atom. The Bertz CT molecular complexity index is 821. The van der Waals surface area contributed by atoms with Gasteiger partial charge in [0.2, 0.25) is 0 Å². The molecule has 0 spiro atoms. The van der Waals surface area contributed by atoms with E-state index in [0.717, 1.165) is 6.42 Å². The van der Waals surface area contributed by atoms with Crippen LogP contribution in [0.25, 0.3) is 0 Å². The number of anilines is 2. The van der Waals surface area contributed by atoms with Gasteiger partial charge in [0.05, 0.1) is 16.5 Å². The number of carbonyl (C=O) groups is 3. The summed E-state index contributed by atoms with van der Waals surface area (Å²) >= 11 is 1.18. The van der Waals surface area contributed by atoms with E-state index in [-0.39, 0.29) is 17.9 Å². The van der Waals surface area contributed by atoms with E-state index in [1.54, 1.807) is 36.1 Å². The van der Waals surface area contributed by atoms with Crippen molar-refractivity contribution < 1.29 is 19.1 Å². The van der Waals surface area contributed by atoms with Crippen LogP contribution < -0.4 is 10.6 Å². The van der Waals surface area contributed by atoms with E-state index in [0.29, 0.717) is 35.1 Å². The summed E-state index contributed by atoms with van der Waals surface area (Å²) in [7, 11) is 0. The number of para-hydroxylation sites is 1. The average Bonchev–Trinajstić information content (AvgIpc) is 3.31. The largest absolute Gasteiger partial charge is 0.464 e. The summed E-state index contributed by atoms with van der Waals surface area (Å²) in [5.74, 6) is -0.576. The van der Waals surface area contributed by atoms with Crippen molar-refractivity contribution in [3.63, 3.8) is 0 Å². The second-order valence-corrected chi connectivity index (χ2v) is 7.10. The maximum atomic E-state index is 12.8. The molecule has 1 fully saturated rings. The fourth-order valence-electron chi connectivity index (χ4n) is 2.95. The molecule has 1 saturated heterocycles. The van der Waals surface area contributed by atoms with Gasteiger partial charge in [-0.05, 0) is 44.0 Å². The van der Waals surface area contributed by atoms with Crippen LogP contribution >= 0.6 is 11.3 Å². The molecule has 1 atom stereocenters. The summed E-state index contributed by atoms with van der Waals surface area (Å²) in [4.78, 5) is 38.9. The molecule has 0 saturated carbocycles. The van der Waals surface area contributed by atoms with Crippen LogP contribution in [0.5, 0.6) is 0 Å². The van der Waals surface area contributed by atoms with E-state index in [4.69, 9.17) is 4.74 Å². The highest BCUT2D eigenvalue weighted by Gasteiger charge is 2.36. The maximum absolute atomic E-state index is 12.8. The number of hydrogen-bond donors (Lipinski definition) is 2. The highest BCUT2D eigenvalue weighted by molar-refractivity contribution is 7.18. The van der Waals surface area contributed by atoms with Gasteiger partial charge in [-0.15, -0.1) is 11.3 Å². The standard InChI is InChI=1S/C19H21N3O4S/c1-2-26-18(24)14-9-6-12-22(14)17(23)15-10-11-16(27-15)21-19(25)20-13-7-4-3-5-8-13/h3-5,7-8,10-11,14H,2,6,9,12H2,1H3,(H2,20,21,25)/t14-/m1/s1. The monoisotopic (exact) mass is 387 g/mol. The van der Waals surface area contributed by atoms with Gasteiger partial charge < -0.3 is 15.0 Å². The van der Waals surface area contributed by atoms with Crippen LogP contribution in [0.4, 0.5) is 15.5 Å². The quantitative estimate of drug-likeness (QED) is 0.768. The first-order valence-electron chi connectivity index (χ1n) is 8.79. The molecule has 1 aromatic carbocycles. The molecule has 3 rings (SSSR count). The summed E-state index contributed by atoms with van der Waals surface area (Å²) in [6, 6.07) is 11.5. The lowest BCUT2D eigenvalue weighted by Gasteiger charge is -2.22. The van der Waals surface area contributed by atoms with Gasteiger partial charge >= 0.3 is 12.0 Å². The van der Waals surface area contributed by atoms with E-state index in [2.05, 4.69) is 10.6 Å². The molecule has 0 unspecified atom stereocenters. The van der Waals surface area contributed by atoms with Crippen molar-refractivity contribution in [2.45, 2.75) is 25.8 Å². The number of nitrogens with one attached hydrogen (secondary N) is 2. The molecule has 0 bridgehead atoms. The van der Waals surface area contributed by atoms with Crippen LogP contribution in [0.2, 0.25) is 0 Å².